The highest BCUT2D eigenvalue weighted by molar-refractivity contribution is 5.47. The highest BCUT2D eigenvalue weighted by Crippen LogP contribution is 2.22. The Labute approximate surface area is 393 Å². The molecule has 1 heteroatoms. The van der Waals surface area contributed by atoms with Crippen LogP contribution in [0.15, 0.2) is 24.3 Å². The van der Waals surface area contributed by atoms with Crippen molar-refractivity contribution >= 4 is 5.69 Å². The summed E-state index contributed by atoms with van der Waals surface area (Å²) in [5.41, 5.74) is 3.04. The predicted molar refractivity (Wildman–Crippen MR) is 286 cm³/mol. The number of unbranched alkanes of at least 4 members (excludes halogenated alkanes) is 46. The van der Waals surface area contributed by atoms with Gasteiger partial charge in [0, 0.05) is 18.8 Å². The van der Waals surface area contributed by atoms with E-state index in [0.717, 1.165) is 0 Å². The summed E-state index contributed by atoms with van der Waals surface area (Å²) >= 11 is 0. The molecule has 0 aromatic heterocycles. The lowest BCUT2D eigenvalue weighted by molar-refractivity contribution is 0.524. The van der Waals surface area contributed by atoms with Crippen LogP contribution in [0, 0.1) is 0 Å². The molecule has 0 bridgehead atoms. The third-order valence-corrected chi connectivity index (χ3v) is 14.4. The second-order valence-electron chi connectivity index (χ2n) is 20.7. The first-order valence-corrected chi connectivity index (χ1v) is 29.7. The van der Waals surface area contributed by atoms with E-state index < -0.39 is 0 Å². The van der Waals surface area contributed by atoms with Crippen LogP contribution >= 0.6 is 0 Å². The molecule has 62 heavy (non-hydrogen) atoms. The summed E-state index contributed by atoms with van der Waals surface area (Å²) < 4.78 is 0. The molecular weight excluding hydrogens is 747 g/mol. The average Bonchev–Trinajstić information content (AvgIpc) is 3.29. The lowest BCUT2D eigenvalue weighted by Crippen LogP contribution is -2.25. The van der Waals surface area contributed by atoms with E-state index in [1.165, 1.54) is 340 Å². The number of anilines is 1. The Bertz CT molecular complexity index is 899. The van der Waals surface area contributed by atoms with E-state index in [-0.39, 0.29) is 0 Å². The van der Waals surface area contributed by atoms with Gasteiger partial charge in [-0.25, -0.2) is 0 Å². The molecular formula is C61H117N. The first-order chi connectivity index (χ1) is 30.8. The van der Waals surface area contributed by atoms with Crippen LogP contribution in [0.25, 0.3) is 0 Å². The van der Waals surface area contributed by atoms with Gasteiger partial charge in [-0.1, -0.05) is 328 Å². The quantitative estimate of drug-likeness (QED) is 0.0590. The zero-order valence-corrected chi connectivity index (χ0v) is 43.5. The van der Waals surface area contributed by atoms with Gasteiger partial charge in [-0.3, -0.25) is 0 Å². The molecule has 366 valence electrons. The van der Waals surface area contributed by atoms with Crippen molar-refractivity contribution in [1.29, 1.82) is 0 Å². The molecule has 0 spiro atoms. The summed E-state index contributed by atoms with van der Waals surface area (Å²) in [6.45, 7) is 9.44. The Balaban J connectivity index is 2.24. The van der Waals surface area contributed by atoms with E-state index in [1.807, 2.05) is 0 Å². The molecule has 1 aromatic rings. The molecule has 0 amide bonds. The van der Waals surface area contributed by atoms with Crippen LogP contribution in [0.3, 0.4) is 0 Å². The second kappa shape index (κ2) is 51.0. The highest BCUT2D eigenvalue weighted by Gasteiger charge is 2.08. The largest absolute Gasteiger partial charge is 0.372 e. The van der Waals surface area contributed by atoms with Crippen LogP contribution < -0.4 is 4.90 Å². The summed E-state index contributed by atoms with van der Waals surface area (Å²) in [6.07, 6.45) is 72.2. The smallest absolute Gasteiger partial charge is 0.0366 e. The monoisotopic (exact) mass is 864 g/mol. The number of hydrogen-bond donors (Lipinski definition) is 0. The Hall–Kier alpha value is -0.980. The molecule has 0 N–H and O–H groups in total. The summed E-state index contributed by atoms with van der Waals surface area (Å²) in [4.78, 5) is 2.76. The van der Waals surface area contributed by atoms with E-state index >= 15 is 0 Å². The van der Waals surface area contributed by atoms with Gasteiger partial charge in [-0.15, -0.1) is 0 Å². The van der Waals surface area contributed by atoms with E-state index in [0.29, 0.717) is 0 Å². The molecule has 0 fully saturated rings. The maximum atomic E-state index is 2.76. The number of rotatable bonds is 53. The molecule has 0 radical (unpaired) electrons. The molecule has 1 rings (SSSR count). The van der Waals surface area contributed by atoms with Crippen molar-refractivity contribution in [2.45, 2.75) is 342 Å². The van der Waals surface area contributed by atoms with Gasteiger partial charge in [-0.2, -0.15) is 0 Å². The fourth-order valence-corrected chi connectivity index (χ4v) is 10.00. The molecule has 0 aliphatic carbocycles. The first-order valence-electron chi connectivity index (χ1n) is 29.7. The van der Waals surface area contributed by atoms with Gasteiger partial charge in [0.15, 0.2) is 0 Å². The highest BCUT2D eigenvalue weighted by atomic mass is 15.1. The second-order valence-corrected chi connectivity index (χ2v) is 20.7. The van der Waals surface area contributed by atoms with E-state index in [4.69, 9.17) is 0 Å². The average molecular weight is 865 g/mol. The molecule has 0 unspecified atom stereocenters. The van der Waals surface area contributed by atoms with Gasteiger partial charge in [0.1, 0.15) is 0 Å². The van der Waals surface area contributed by atoms with E-state index in [2.05, 4.69) is 49.9 Å². The SMILES string of the molecule is CCCCCCCCCCCCCCCCCCCc1ccc(N(CCCCCCCCCCCCCCCCCC)CCCCCCCCCCCCCCCCCC)cc1. The summed E-state index contributed by atoms with van der Waals surface area (Å²) in [7, 11) is 0. The van der Waals surface area contributed by atoms with Crippen molar-refractivity contribution in [3.05, 3.63) is 29.8 Å². The lowest BCUT2D eigenvalue weighted by atomic mass is 10.0. The fraction of sp³-hybridized carbons (Fsp3) is 0.902. The first kappa shape index (κ1) is 59.0. The number of benzene rings is 1. The Morgan fingerprint density at radius 3 is 0.645 bits per heavy atom. The molecule has 0 aliphatic heterocycles. The van der Waals surface area contributed by atoms with Crippen LogP contribution in [-0.2, 0) is 6.42 Å². The Kier molecular flexibility index (Phi) is 48.6. The Morgan fingerprint density at radius 2 is 0.419 bits per heavy atom. The van der Waals surface area contributed by atoms with Gasteiger partial charge in [0.25, 0.3) is 0 Å². The molecule has 0 saturated heterocycles. The summed E-state index contributed by atoms with van der Waals surface area (Å²) in [6, 6.07) is 9.88. The molecule has 1 nitrogen and oxygen atoms in total. The fourth-order valence-electron chi connectivity index (χ4n) is 10.00. The minimum atomic E-state index is 1.25. The topological polar surface area (TPSA) is 3.24 Å². The van der Waals surface area contributed by atoms with Gasteiger partial charge >= 0.3 is 0 Å². The maximum Gasteiger partial charge on any atom is 0.0366 e. The van der Waals surface area contributed by atoms with Crippen LogP contribution in [-0.4, -0.2) is 13.1 Å². The third-order valence-electron chi connectivity index (χ3n) is 14.4. The minimum absolute atomic E-state index is 1.25. The normalized spacial score (nSPS) is 11.6. The van der Waals surface area contributed by atoms with Gasteiger partial charge < -0.3 is 4.90 Å². The van der Waals surface area contributed by atoms with Crippen LogP contribution in [0.5, 0.6) is 0 Å². The van der Waals surface area contributed by atoms with Gasteiger partial charge in [-0.05, 0) is 43.4 Å². The molecule has 1 aromatic carbocycles. The number of hydrogen-bond acceptors (Lipinski definition) is 1. The van der Waals surface area contributed by atoms with Crippen molar-refractivity contribution in [3.63, 3.8) is 0 Å². The maximum absolute atomic E-state index is 2.76. The van der Waals surface area contributed by atoms with E-state index in [9.17, 15) is 0 Å². The lowest BCUT2D eigenvalue weighted by Gasteiger charge is -2.25. The van der Waals surface area contributed by atoms with Gasteiger partial charge in [0.2, 0.25) is 0 Å². The number of aryl methyl sites for hydroxylation is 1. The van der Waals surface area contributed by atoms with Crippen molar-refractivity contribution in [2.24, 2.45) is 0 Å². The zero-order chi connectivity index (χ0) is 44.3. The van der Waals surface area contributed by atoms with Crippen molar-refractivity contribution in [1.82, 2.24) is 0 Å². The van der Waals surface area contributed by atoms with Crippen LogP contribution in [0.2, 0.25) is 0 Å². The molecule has 0 atom stereocenters. The van der Waals surface area contributed by atoms with Crippen molar-refractivity contribution in [3.8, 4) is 0 Å². The third kappa shape index (κ3) is 42.9. The molecule has 0 saturated carbocycles. The standard InChI is InChI=1S/C61H117N/c1-4-7-10-13-16-19-22-25-28-31-32-35-38-41-44-47-50-53-60-54-56-61(57-55-60)62(58-51-48-45-42-39-36-33-29-26-23-20-17-14-11-8-5-2)59-52-49-46-43-40-37-34-30-27-24-21-18-15-12-9-6-3/h54-57H,4-53,58-59H2,1-3H3. The van der Waals surface area contributed by atoms with Crippen LogP contribution in [0.4, 0.5) is 5.69 Å². The summed E-state index contributed by atoms with van der Waals surface area (Å²) in [5.74, 6) is 0. The molecule has 0 aliphatic rings. The van der Waals surface area contributed by atoms with Crippen LogP contribution in [0.1, 0.15) is 341 Å². The minimum Gasteiger partial charge on any atom is -0.372 e. The van der Waals surface area contributed by atoms with Crippen molar-refractivity contribution < 1.29 is 0 Å². The number of nitrogens with zero attached hydrogens (tertiary/aromatic N) is 1. The Morgan fingerprint density at radius 1 is 0.226 bits per heavy atom. The zero-order valence-electron chi connectivity index (χ0n) is 43.5. The van der Waals surface area contributed by atoms with E-state index in [1.54, 1.807) is 5.56 Å². The summed E-state index contributed by atoms with van der Waals surface area (Å²) in [5, 5.41) is 0. The van der Waals surface area contributed by atoms with Crippen molar-refractivity contribution in [2.75, 3.05) is 18.0 Å². The predicted octanol–water partition coefficient (Wildman–Crippen LogP) is 22.2. The van der Waals surface area contributed by atoms with Gasteiger partial charge in [0.05, 0.1) is 0 Å². The molecule has 0 heterocycles.